The number of hydrogen-bond donors (Lipinski definition) is 0. The van der Waals surface area contributed by atoms with Gasteiger partial charge in [0.05, 0.1) is 15.8 Å². The molecule has 24 heavy (non-hydrogen) atoms. The topological polar surface area (TPSA) is 41.6 Å². The summed E-state index contributed by atoms with van der Waals surface area (Å²) in [5, 5.41) is 11.6. The van der Waals surface area contributed by atoms with Gasteiger partial charge in [0.15, 0.2) is 0 Å². The SMILES string of the molecule is Cc1c(/C=C(\C#N)c2nc3ccccc3s2)c2ccccc2n1C. The molecule has 0 fully saturated rings. The summed E-state index contributed by atoms with van der Waals surface area (Å²) >= 11 is 1.56. The molecular formula is C20H15N3S. The standard InChI is InChI=1S/C20H15N3S/c1-13-16(15-7-3-5-9-18(15)23(13)2)11-14(12-21)20-22-17-8-4-6-10-19(17)24-20/h3-11H,1-2H3/b14-11+. The van der Waals surface area contributed by atoms with Crippen LogP contribution < -0.4 is 0 Å². The van der Waals surface area contributed by atoms with E-state index in [1.54, 1.807) is 11.3 Å². The Morgan fingerprint density at radius 3 is 2.71 bits per heavy atom. The van der Waals surface area contributed by atoms with Crippen LogP contribution in [-0.2, 0) is 7.05 Å². The van der Waals surface area contributed by atoms with Crippen molar-refractivity contribution >= 4 is 44.1 Å². The van der Waals surface area contributed by atoms with Crippen LogP contribution in [0, 0.1) is 18.3 Å². The third-order valence-corrected chi connectivity index (χ3v) is 5.45. The van der Waals surface area contributed by atoms with E-state index in [1.807, 2.05) is 42.5 Å². The number of benzene rings is 2. The molecule has 2 heterocycles. The molecule has 0 aliphatic carbocycles. The van der Waals surface area contributed by atoms with E-state index in [-0.39, 0.29) is 0 Å². The van der Waals surface area contributed by atoms with Gasteiger partial charge in [-0.25, -0.2) is 4.98 Å². The maximum absolute atomic E-state index is 9.68. The molecule has 4 aromatic rings. The van der Waals surface area contributed by atoms with Gasteiger partial charge in [0.25, 0.3) is 0 Å². The van der Waals surface area contributed by atoms with Crippen molar-refractivity contribution in [2.75, 3.05) is 0 Å². The fraction of sp³-hybridized carbons (Fsp3) is 0.100. The van der Waals surface area contributed by atoms with Crippen molar-refractivity contribution in [2.45, 2.75) is 6.92 Å². The smallest absolute Gasteiger partial charge is 0.135 e. The van der Waals surface area contributed by atoms with Crippen LogP contribution >= 0.6 is 11.3 Å². The first-order valence-electron chi connectivity index (χ1n) is 7.71. The second-order valence-corrected chi connectivity index (χ2v) is 6.76. The Morgan fingerprint density at radius 1 is 1.17 bits per heavy atom. The van der Waals surface area contributed by atoms with Crippen molar-refractivity contribution in [3.05, 3.63) is 64.8 Å². The number of nitrogens with zero attached hydrogens (tertiary/aromatic N) is 3. The Bertz CT molecular complexity index is 1110. The molecule has 0 aliphatic rings. The van der Waals surface area contributed by atoms with Crippen LogP contribution in [0.5, 0.6) is 0 Å². The molecular weight excluding hydrogens is 314 g/mol. The van der Waals surface area contributed by atoms with Gasteiger partial charge >= 0.3 is 0 Å². The van der Waals surface area contributed by atoms with Gasteiger partial charge in [0.2, 0.25) is 0 Å². The van der Waals surface area contributed by atoms with Gasteiger partial charge in [0, 0.05) is 29.2 Å². The minimum Gasteiger partial charge on any atom is -0.347 e. The second-order valence-electron chi connectivity index (χ2n) is 5.73. The minimum absolute atomic E-state index is 0.607. The Balaban J connectivity index is 1.93. The predicted molar refractivity (Wildman–Crippen MR) is 101 cm³/mol. The number of aryl methyl sites for hydroxylation is 1. The lowest BCUT2D eigenvalue weighted by Crippen LogP contribution is -1.90. The van der Waals surface area contributed by atoms with Crippen molar-refractivity contribution in [2.24, 2.45) is 7.05 Å². The van der Waals surface area contributed by atoms with E-state index in [4.69, 9.17) is 0 Å². The molecule has 4 rings (SSSR count). The van der Waals surface area contributed by atoms with Crippen molar-refractivity contribution < 1.29 is 0 Å². The zero-order chi connectivity index (χ0) is 16.7. The summed E-state index contributed by atoms with van der Waals surface area (Å²) in [6, 6.07) is 18.6. The molecule has 0 atom stereocenters. The Morgan fingerprint density at radius 2 is 1.92 bits per heavy atom. The monoisotopic (exact) mass is 329 g/mol. The van der Waals surface area contributed by atoms with Crippen molar-refractivity contribution in [3.8, 4) is 6.07 Å². The van der Waals surface area contributed by atoms with Crippen LogP contribution in [0.1, 0.15) is 16.3 Å². The summed E-state index contributed by atoms with van der Waals surface area (Å²) in [7, 11) is 2.05. The Hall–Kier alpha value is -2.90. The van der Waals surface area contributed by atoms with Gasteiger partial charge in [-0.15, -0.1) is 11.3 Å². The molecule has 2 aromatic heterocycles. The maximum Gasteiger partial charge on any atom is 0.135 e. The molecule has 0 unspecified atom stereocenters. The van der Waals surface area contributed by atoms with Crippen LogP contribution in [0.2, 0.25) is 0 Å². The lowest BCUT2D eigenvalue weighted by Gasteiger charge is -1.98. The average Bonchev–Trinajstić information content (AvgIpc) is 3.14. The fourth-order valence-electron chi connectivity index (χ4n) is 3.01. The summed E-state index contributed by atoms with van der Waals surface area (Å²) in [5.74, 6) is 0. The highest BCUT2D eigenvalue weighted by Crippen LogP contribution is 2.31. The van der Waals surface area contributed by atoms with Crippen molar-refractivity contribution in [3.63, 3.8) is 0 Å². The molecule has 0 saturated heterocycles. The molecule has 0 radical (unpaired) electrons. The van der Waals surface area contributed by atoms with Crippen LogP contribution in [0.25, 0.3) is 32.8 Å². The van der Waals surface area contributed by atoms with E-state index in [0.29, 0.717) is 5.57 Å². The van der Waals surface area contributed by atoms with Gasteiger partial charge in [-0.2, -0.15) is 5.26 Å². The molecule has 116 valence electrons. The summed E-state index contributed by atoms with van der Waals surface area (Å²) in [4.78, 5) is 4.62. The van der Waals surface area contributed by atoms with E-state index in [0.717, 1.165) is 31.9 Å². The molecule has 0 bridgehead atoms. The minimum atomic E-state index is 0.607. The van der Waals surface area contributed by atoms with E-state index >= 15 is 0 Å². The molecule has 4 heteroatoms. The van der Waals surface area contributed by atoms with E-state index < -0.39 is 0 Å². The highest BCUT2D eigenvalue weighted by atomic mass is 32.1. The molecule has 0 saturated carbocycles. The van der Waals surface area contributed by atoms with Gasteiger partial charge in [-0.3, -0.25) is 0 Å². The van der Waals surface area contributed by atoms with Crippen LogP contribution in [0.15, 0.2) is 48.5 Å². The van der Waals surface area contributed by atoms with Crippen LogP contribution in [-0.4, -0.2) is 9.55 Å². The summed E-state index contributed by atoms with van der Waals surface area (Å²) in [6.07, 6.45) is 1.97. The van der Waals surface area contributed by atoms with Crippen molar-refractivity contribution in [1.82, 2.24) is 9.55 Å². The molecule has 0 aliphatic heterocycles. The summed E-state index contributed by atoms with van der Waals surface area (Å²) in [5.41, 5.74) is 4.95. The number of thiazole rings is 1. The first kappa shape index (κ1) is 14.7. The van der Waals surface area contributed by atoms with Gasteiger partial charge in [0.1, 0.15) is 11.1 Å². The normalized spacial score (nSPS) is 12.0. The highest BCUT2D eigenvalue weighted by Gasteiger charge is 2.13. The largest absolute Gasteiger partial charge is 0.347 e. The lowest BCUT2D eigenvalue weighted by atomic mass is 10.1. The maximum atomic E-state index is 9.68. The third kappa shape index (κ3) is 2.22. The number of allylic oxidation sites excluding steroid dienone is 1. The zero-order valence-corrected chi connectivity index (χ0v) is 14.3. The molecule has 0 spiro atoms. The first-order chi connectivity index (χ1) is 11.7. The lowest BCUT2D eigenvalue weighted by molar-refractivity contribution is 0.916. The number of hydrogen-bond acceptors (Lipinski definition) is 3. The Kier molecular flexibility index (Phi) is 3.44. The molecule has 3 nitrogen and oxygen atoms in total. The fourth-order valence-corrected chi connectivity index (χ4v) is 3.94. The zero-order valence-electron chi connectivity index (χ0n) is 13.4. The van der Waals surface area contributed by atoms with E-state index in [2.05, 4.69) is 41.7 Å². The molecule has 0 N–H and O–H groups in total. The number of nitriles is 1. The quantitative estimate of drug-likeness (QED) is 0.477. The highest BCUT2D eigenvalue weighted by molar-refractivity contribution is 7.19. The van der Waals surface area contributed by atoms with Crippen LogP contribution in [0.4, 0.5) is 0 Å². The van der Waals surface area contributed by atoms with Crippen LogP contribution in [0.3, 0.4) is 0 Å². The number of aromatic nitrogens is 2. The van der Waals surface area contributed by atoms with Crippen molar-refractivity contribution in [1.29, 1.82) is 5.26 Å². The third-order valence-electron chi connectivity index (χ3n) is 4.38. The van der Waals surface area contributed by atoms with Gasteiger partial charge in [-0.1, -0.05) is 30.3 Å². The van der Waals surface area contributed by atoms with E-state index in [1.165, 1.54) is 5.52 Å². The number of fused-ring (bicyclic) bond motifs is 2. The molecule has 2 aromatic carbocycles. The second kappa shape index (κ2) is 5.63. The summed E-state index contributed by atoms with van der Waals surface area (Å²) < 4.78 is 3.26. The molecule has 0 amide bonds. The number of rotatable bonds is 2. The number of para-hydroxylation sites is 2. The Labute approximate surface area is 144 Å². The first-order valence-corrected chi connectivity index (χ1v) is 8.52. The average molecular weight is 329 g/mol. The van der Waals surface area contributed by atoms with E-state index in [9.17, 15) is 5.26 Å². The van der Waals surface area contributed by atoms with Gasteiger partial charge in [-0.05, 0) is 31.2 Å². The van der Waals surface area contributed by atoms with Gasteiger partial charge < -0.3 is 4.57 Å². The summed E-state index contributed by atoms with van der Waals surface area (Å²) in [6.45, 7) is 2.08. The predicted octanol–water partition coefficient (Wildman–Crippen LogP) is 5.16.